The first-order chi connectivity index (χ1) is 4.09. The van der Waals surface area contributed by atoms with Crippen molar-refractivity contribution in [3.05, 3.63) is 0 Å². The highest BCUT2D eigenvalue weighted by Gasteiger charge is 2.18. The molecule has 54 valence electrons. The number of hydrazine groups is 2. The van der Waals surface area contributed by atoms with Gasteiger partial charge in [-0.2, -0.15) is 5.12 Å². The van der Waals surface area contributed by atoms with E-state index in [4.69, 9.17) is 21.9 Å². The predicted molar refractivity (Wildman–Crippen MR) is 28.7 cm³/mol. The van der Waals surface area contributed by atoms with Gasteiger partial charge in [-0.1, -0.05) is 0 Å². The van der Waals surface area contributed by atoms with Crippen LogP contribution in [0.2, 0.25) is 0 Å². The maximum absolute atomic E-state index is 10.0. The highest BCUT2D eigenvalue weighted by molar-refractivity contribution is 5.73. The third kappa shape index (κ3) is 2.38. The molecule has 0 radical (unpaired) electrons. The fraction of sp³-hybridized carbons (Fsp3) is 0.667. The Labute approximate surface area is 51.6 Å². The first-order valence-corrected chi connectivity index (χ1v) is 2.22. The van der Waals surface area contributed by atoms with Gasteiger partial charge in [-0.05, 0) is 0 Å². The average Bonchev–Trinajstić information content (AvgIpc) is 1.64. The zero-order valence-corrected chi connectivity index (χ0v) is 4.69. The molecule has 6 heteroatoms. The Hall–Kier alpha value is -0.690. The molecule has 0 spiro atoms. The van der Waals surface area contributed by atoms with Crippen LogP contribution in [-0.4, -0.2) is 33.9 Å². The number of rotatable bonds is 3. The average molecular weight is 135 g/mol. The predicted octanol–water partition coefficient (Wildman–Crippen LogP) is -2.52. The molecule has 1 unspecified atom stereocenters. The van der Waals surface area contributed by atoms with Crippen molar-refractivity contribution in [2.24, 2.45) is 11.7 Å². The highest BCUT2D eigenvalue weighted by Crippen LogP contribution is 1.84. The molecule has 0 aromatic rings. The van der Waals surface area contributed by atoms with Gasteiger partial charge in [-0.3, -0.25) is 16.5 Å². The molecule has 6 nitrogen and oxygen atoms in total. The van der Waals surface area contributed by atoms with E-state index in [-0.39, 0.29) is 0 Å². The van der Waals surface area contributed by atoms with Gasteiger partial charge in [-0.15, -0.1) is 0 Å². The van der Waals surface area contributed by atoms with Crippen LogP contribution < -0.4 is 11.7 Å². The number of carbonyl (C=O) groups is 1. The van der Waals surface area contributed by atoms with E-state index >= 15 is 0 Å². The maximum atomic E-state index is 10.0. The van der Waals surface area contributed by atoms with Crippen molar-refractivity contribution in [2.75, 3.05) is 6.61 Å². The van der Waals surface area contributed by atoms with Crippen LogP contribution in [0.3, 0.4) is 0 Å². The smallest absolute Gasteiger partial charge is 0.326 e. The molecule has 0 aliphatic rings. The van der Waals surface area contributed by atoms with E-state index in [1.807, 2.05) is 0 Å². The van der Waals surface area contributed by atoms with Crippen LogP contribution in [0.1, 0.15) is 0 Å². The van der Waals surface area contributed by atoms with Gasteiger partial charge in [-0.25, -0.2) is 0 Å². The molecule has 0 heterocycles. The first-order valence-electron chi connectivity index (χ1n) is 2.22. The van der Waals surface area contributed by atoms with Gasteiger partial charge in [0.1, 0.15) is 0 Å². The zero-order chi connectivity index (χ0) is 7.44. The van der Waals surface area contributed by atoms with Crippen LogP contribution in [0, 0.1) is 0 Å². The van der Waals surface area contributed by atoms with Crippen molar-refractivity contribution in [1.82, 2.24) is 5.12 Å². The normalized spacial score (nSPS) is 13.8. The first kappa shape index (κ1) is 8.31. The van der Waals surface area contributed by atoms with Crippen LogP contribution >= 0.6 is 0 Å². The van der Waals surface area contributed by atoms with Crippen molar-refractivity contribution < 1.29 is 15.0 Å². The van der Waals surface area contributed by atoms with E-state index in [2.05, 4.69) is 0 Å². The van der Waals surface area contributed by atoms with Gasteiger partial charge in [0.05, 0.1) is 6.61 Å². The molecule has 1 atom stereocenters. The summed E-state index contributed by atoms with van der Waals surface area (Å²) < 4.78 is 0. The van der Waals surface area contributed by atoms with Crippen LogP contribution in [0.4, 0.5) is 0 Å². The summed E-state index contributed by atoms with van der Waals surface area (Å²) >= 11 is 0. The standard InChI is InChI=1S/C3H9N3O3/c4-6(5)2(1-7)3(8)9/h2,7H,1,4-5H2,(H,8,9). The van der Waals surface area contributed by atoms with E-state index in [1.54, 1.807) is 0 Å². The van der Waals surface area contributed by atoms with Crippen LogP contribution in [0.15, 0.2) is 0 Å². The van der Waals surface area contributed by atoms with Gasteiger partial charge >= 0.3 is 5.97 Å². The molecule has 0 bridgehead atoms. The fourth-order valence-electron chi connectivity index (χ4n) is 0.300. The molecule has 0 aliphatic heterocycles. The summed E-state index contributed by atoms with van der Waals surface area (Å²) in [6.07, 6.45) is 0. The largest absolute Gasteiger partial charge is 0.480 e. The Kier molecular flexibility index (Phi) is 3.10. The Morgan fingerprint density at radius 1 is 1.67 bits per heavy atom. The number of hydrogen-bond donors (Lipinski definition) is 4. The molecule has 0 saturated carbocycles. The molecule has 0 rings (SSSR count). The minimum Gasteiger partial charge on any atom is -0.480 e. The van der Waals surface area contributed by atoms with E-state index in [0.29, 0.717) is 5.12 Å². The number of carboxylic acid groups (broad SMARTS) is 1. The SMILES string of the molecule is NN(N)C(CO)C(=O)O. The van der Waals surface area contributed by atoms with Gasteiger partial charge in [0.2, 0.25) is 0 Å². The van der Waals surface area contributed by atoms with Crippen molar-refractivity contribution in [3.63, 3.8) is 0 Å². The van der Waals surface area contributed by atoms with Gasteiger partial charge in [0.15, 0.2) is 6.04 Å². The zero-order valence-electron chi connectivity index (χ0n) is 4.69. The number of aliphatic hydroxyl groups excluding tert-OH is 1. The maximum Gasteiger partial charge on any atom is 0.326 e. The minimum absolute atomic E-state index is 0.447. The Morgan fingerprint density at radius 3 is 2.11 bits per heavy atom. The third-order valence-electron chi connectivity index (χ3n) is 0.818. The second-order valence-electron chi connectivity index (χ2n) is 1.48. The summed E-state index contributed by atoms with van der Waals surface area (Å²) in [6, 6.07) is -1.22. The van der Waals surface area contributed by atoms with Gasteiger partial charge in [0.25, 0.3) is 0 Å². The molecule has 6 N–H and O–H groups in total. The van der Waals surface area contributed by atoms with E-state index in [1.165, 1.54) is 0 Å². The van der Waals surface area contributed by atoms with Crippen LogP contribution in [0.25, 0.3) is 0 Å². The second-order valence-corrected chi connectivity index (χ2v) is 1.48. The molecule has 0 saturated heterocycles. The monoisotopic (exact) mass is 135 g/mol. The van der Waals surface area contributed by atoms with E-state index < -0.39 is 18.6 Å². The Balaban J connectivity index is 3.83. The molecular weight excluding hydrogens is 126 g/mol. The molecule has 0 aromatic heterocycles. The van der Waals surface area contributed by atoms with Crippen LogP contribution in [-0.2, 0) is 4.79 Å². The minimum atomic E-state index is -1.25. The quantitative estimate of drug-likeness (QED) is 0.251. The lowest BCUT2D eigenvalue weighted by atomic mass is 10.3. The number of hydrogen-bond acceptors (Lipinski definition) is 5. The van der Waals surface area contributed by atoms with E-state index in [0.717, 1.165) is 0 Å². The number of nitrogens with zero attached hydrogens (tertiary/aromatic N) is 1. The Bertz CT molecular complexity index is 104. The number of carboxylic acids is 1. The number of nitrogens with two attached hydrogens (primary N) is 2. The lowest BCUT2D eigenvalue weighted by Gasteiger charge is -2.15. The summed E-state index contributed by atoms with van der Waals surface area (Å²) in [5, 5.41) is 16.9. The van der Waals surface area contributed by atoms with Crippen molar-refractivity contribution in [3.8, 4) is 0 Å². The van der Waals surface area contributed by atoms with Crippen molar-refractivity contribution in [1.29, 1.82) is 0 Å². The number of aliphatic carboxylic acids is 1. The molecule has 9 heavy (non-hydrogen) atoms. The highest BCUT2D eigenvalue weighted by atomic mass is 16.4. The summed E-state index contributed by atoms with van der Waals surface area (Å²) in [5.74, 6) is 8.39. The molecule has 0 aliphatic carbocycles. The fourth-order valence-corrected chi connectivity index (χ4v) is 0.300. The molecule has 0 fully saturated rings. The van der Waals surface area contributed by atoms with E-state index in [9.17, 15) is 4.79 Å². The van der Waals surface area contributed by atoms with Gasteiger partial charge < -0.3 is 10.2 Å². The number of aliphatic hydroxyl groups is 1. The molecular formula is C3H9N3O3. The Morgan fingerprint density at radius 2 is 2.11 bits per heavy atom. The third-order valence-corrected chi connectivity index (χ3v) is 0.818. The summed E-state index contributed by atoms with van der Waals surface area (Å²) in [6.45, 7) is -0.595. The summed E-state index contributed by atoms with van der Waals surface area (Å²) in [4.78, 5) is 10.0. The van der Waals surface area contributed by atoms with Gasteiger partial charge in [0, 0.05) is 0 Å². The topological polar surface area (TPSA) is 113 Å². The summed E-state index contributed by atoms with van der Waals surface area (Å²) in [5.41, 5.74) is 0. The lowest BCUT2D eigenvalue weighted by molar-refractivity contribution is -0.145. The molecule has 0 aromatic carbocycles. The molecule has 0 amide bonds. The second kappa shape index (κ2) is 3.36. The van der Waals surface area contributed by atoms with Crippen LogP contribution in [0.5, 0.6) is 0 Å². The van der Waals surface area contributed by atoms with Crippen molar-refractivity contribution >= 4 is 5.97 Å². The lowest BCUT2D eigenvalue weighted by Crippen LogP contribution is -2.52. The van der Waals surface area contributed by atoms with Crippen molar-refractivity contribution in [2.45, 2.75) is 6.04 Å². The summed E-state index contributed by atoms with van der Waals surface area (Å²) in [7, 11) is 0.